The number of amidine groups is 1. The lowest BCUT2D eigenvalue weighted by atomic mass is 9.97. The van der Waals surface area contributed by atoms with E-state index in [1.54, 1.807) is 6.20 Å². The molecule has 0 bridgehead atoms. The fourth-order valence-corrected chi connectivity index (χ4v) is 4.60. The first-order valence-electron chi connectivity index (χ1n) is 12.3. The molecule has 7 nitrogen and oxygen atoms in total. The first-order valence-corrected chi connectivity index (χ1v) is 12.3. The number of nitrogen functional groups attached to an aromatic ring is 1. The van der Waals surface area contributed by atoms with E-state index in [1.165, 1.54) is 0 Å². The van der Waals surface area contributed by atoms with E-state index in [0.717, 1.165) is 56.9 Å². The molecule has 0 unspecified atom stereocenters. The minimum Gasteiger partial charge on any atom is -0.439 e. The lowest BCUT2D eigenvalue weighted by molar-refractivity contribution is 0.462. The zero-order valence-electron chi connectivity index (χ0n) is 21.5. The summed E-state index contributed by atoms with van der Waals surface area (Å²) >= 11 is 0. The predicted octanol–water partition coefficient (Wildman–Crippen LogP) is 6.11. The highest BCUT2D eigenvalue weighted by molar-refractivity contribution is 6.01. The lowest BCUT2D eigenvalue weighted by Crippen LogP contribution is -2.12. The van der Waals surface area contributed by atoms with Crippen LogP contribution >= 0.6 is 0 Å². The molecule has 5 rings (SSSR count). The first kappa shape index (κ1) is 24.2. The minimum absolute atomic E-state index is 0.00796. The number of aromatic nitrogens is 4. The van der Waals surface area contributed by atoms with Crippen LogP contribution in [-0.2, 0) is 13.0 Å². The van der Waals surface area contributed by atoms with Gasteiger partial charge in [-0.05, 0) is 78.9 Å². The fourth-order valence-electron chi connectivity index (χ4n) is 4.60. The van der Waals surface area contributed by atoms with Crippen LogP contribution in [0.4, 0.5) is 0 Å². The summed E-state index contributed by atoms with van der Waals surface area (Å²) in [5.74, 6) is 2.19. The zero-order chi connectivity index (χ0) is 26.1. The van der Waals surface area contributed by atoms with Gasteiger partial charge < -0.3 is 15.0 Å². The topological polar surface area (TPSA) is 103 Å². The Hall–Kier alpha value is -4.52. The Balaban J connectivity index is 1.47. The lowest BCUT2D eigenvalue weighted by Gasteiger charge is -2.13. The van der Waals surface area contributed by atoms with Crippen LogP contribution in [-0.4, -0.2) is 25.4 Å². The molecule has 0 saturated heterocycles. The average molecular weight is 491 g/mol. The maximum Gasteiger partial charge on any atom is 0.219 e. The molecule has 0 spiro atoms. The summed E-state index contributed by atoms with van der Waals surface area (Å²) in [4.78, 5) is 13.9. The SMILES string of the molecule is CCc1nc2c(C)cc(C)nc2n1Cc1ccc(-c2cc(Oc3cc(C)ccn3)ccc2C(=N)N)cc1. The zero-order valence-corrected chi connectivity index (χ0v) is 21.5. The summed E-state index contributed by atoms with van der Waals surface area (Å²) in [7, 11) is 0. The van der Waals surface area contributed by atoms with Crippen molar-refractivity contribution in [3.05, 3.63) is 101 Å². The Labute approximate surface area is 216 Å². The van der Waals surface area contributed by atoms with E-state index in [-0.39, 0.29) is 5.84 Å². The third-order valence-corrected chi connectivity index (χ3v) is 6.42. The Bertz CT molecular complexity index is 1620. The molecule has 0 saturated carbocycles. The van der Waals surface area contributed by atoms with Gasteiger partial charge >= 0.3 is 0 Å². The molecule has 0 atom stereocenters. The highest BCUT2D eigenvalue weighted by Crippen LogP contribution is 2.31. The first-order chi connectivity index (χ1) is 17.8. The van der Waals surface area contributed by atoms with Gasteiger partial charge in [0.15, 0.2) is 5.65 Å². The number of pyridine rings is 2. The van der Waals surface area contributed by atoms with Crippen LogP contribution in [0.3, 0.4) is 0 Å². The van der Waals surface area contributed by atoms with Gasteiger partial charge in [-0.2, -0.15) is 0 Å². The number of hydrogen-bond acceptors (Lipinski definition) is 5. The number of nitrogens with two attached hydrogens (primary N) is 1. The van der Waals surface area contributed by atoms with E-state index in [0.29, 0.717) is 23.7 Å². The highest BCUT2D eigenvalue weighted by atomic mass is 16.5. The van der Waals surface area contributed by atoms with Crippen molar-refractivity contribution in [3.63, 3.8) is 0 Å². The molecule has 0 radical (unpaired) electrons. The van der Waals surface area contributed by atoms with Crippen molar-refractivity contribution in [1.29, 1.82) is 5.41 Å². The van der Waals surface area contributed by atoms with Crippen molar-refractivity contribution in [2.75, 3.05) is 0 Å². The van der Waals surface area contributed by atoms with E-state index in [4.69, 9.17) is 25.8 Å². The number of hydrogen-bond donors (Lipinski definition) is 2. The Morgan fingerprint density at radius 2 is 1.76 bits per heavy atom. The third kappa shape index (κ3) is 4.93. The molecule has 0 fully saturated rings. The molecule has 0 aliphatic heterocycles. The number of rotatable bonds is 7. The van der Waals surface area contributed by atoms with Crippen molar-refractivity contribution >= 4 is 17.0 Å². The largest absolute Gasteiger partial charge is 0.439 e. The molecule has 3 N–H and O–H groups in total. The Morgan fingerprint density at radius 3 is 2.46 bits per heavy atom. The molecule has 186 valence electrons. The second kappa shape index (κ2) is 9.85. The number of nitrogens with one attached hydrogen (secondary N) is 1. The summed E-state index contributed by atoms with van der Waals surface area (Å²) in [6.45, 7) is 8.89. The molecule has 2 aromatic carbocycles. The molecule has 0 amide bonds. The Kier molecular flexibility index (Phi) is 6.44. The molecule has 0 aliphatic rings. The van der Waals surface area contributed by atoms with Gasteiger partial charge in [0.05, 0.1) is 6.54 Å². The van der Waals surface area contributed by atoms with Gasteiger partial charge in [-0.3, -0.25) is 5.41 Å². The van der Waals surface area contributed by atoms with Crippen molar-refractivity contribution in [2.45, 2.75) is 40.7 Å². The van der Waals surface area contributed by atoms with Crippen LogP contribution < -0.4 is 10.5 Å². The van der Waals surface area contributed by atoms with Crippen LogP contribution in [0.15, 0.2) is 66.9 Å². The number of aryl methyl sites for hydroxylation is 4. The van der Waals surface area contributed by atoms with Crippen molar-refractivity contribution in [1.82, 2.24) is 19.5 Å². The predicted molar refractivity (Wildman–Crippen MR) is 147 cm³/mol. The summed E-state index contributed by atoms with van der Waals surface area (Å²) in [6, 6.07) is 19.7. The maximum absolute atomic E-state index is 8.08. The van der Waals surface area contributed by atoms with Gasteiger partial charge in [-0.1, -0.05) is 31.2 Å². The normalized spacial score (nSPS) is 11.1. The second-order valence-corrected chi connectivity index (χ2v) is 9.31. The molecule has 37 heavy (non-hydrogen) atoms. The van der Waals surface area contributed by atoms with Crippen LogP contribution in [0, 0.1) is 26.2 Å². The summed E-state index contributed by atoms with van der Waals surface area (Å²) < 4.78 is 8.20. The minimum atomic E-state index is 0.00796. The molecule has 7 heteroatoms. The highest BCUT2D eigenvalue weighted by Gasteiger charge is 2.15. The molecule has 3 heterocycles. The number of ether oxygens (including phenoxy) is 1. The van der Waals surface area contributed by atoms with Gasteiger partial charge in [0.25, 0.3) is 0 Å². The molecule has 3 aromatic heterocycles. The Morgan fingerprint density at radius 1 is 0.973 bits per heavy atom. The van der Waals surface area contributed by atoms with Gasteiger partial charge in [0.1, 0.15) is 22.9 Å². The van der Waals surface area contributed by atoms with Crippen molar-refractivity contribution in [2.24, 2.45) is 5.73 Å². The summed E-state index contributed by atoms with van der Waals surface area (Å²) in [5, 5.41) is 8.08. The van der Waals surface area contributed by atoms with Crippen LogP contribution in [0.5, 0.6) is 11.6 Å². The quantitative estimate of drug-likeness (QED) is 0.212. The fraction of sp³-hybridized carbons (Fsp3) is 0.200. The average Bonchev–Trinajstić information content (AvgIpc) is 3.22. The van der Waals surface area contributed by atoms with Gasteiger partial charge in [-0.25, -0.2) is 15.0 Å². The van der Waals surface area contributed by atoms with Crippen LogP contribution in [0.2, 0.25) is 0 Å². The smallest absolute Gasteiger partial charge is 0.219 e. The van der Waals surface area contributed by atoms with Crippen LogP contribution in [0.25, 0.3) is 22.3 Å². The standard InChI is InChI=1S/C30H30N6O/c1-5-26-35-28-19(3)15-20(4)34-30(28)36(26)17-21-6-8-22(9-7-21)25-16-23(10-11-24(25)29(31)32)37-27-14-18(2)12-13-33-27/h6-16H,5,17H2,1-4H3,(H3,31,32). The monoisotopic (exact) mass is 490 g/mol. The number of benzene rings is 2. The van der Waals surface area contributed by atoms with Crippen LogP contribution in [0.1, 0.15) is 40.7 Å². The van der Waals surface area contributed by atoms with E-state index in [2.05, 4.69) is 53.7 Å². The molecular weight excluding hydrogens is 460 g/mol. The molecule has 0 aliphatic carbocycles. The summed E-state index contributed by atoms with van der Waals surface area (Å²) in [5.41, 5.74) is 14.6. The van der Waals surface area contributed by atoms with Gasteiger partial charge in [-0.15, -0.1) is 0 Å². The molecule has 5 aromatic rings. The molecular formula is C30H30N6O. The van der Waals surface area contributed by atoms with E-state index in [1.807, 2.05) is 44.2 Å². The van der Waals surface area contributed by atoms with Gasteiger partial charge in [0.2, 0.25) is 5.88 Å². The third-order valence-electron chi connectivity index (χ3n) is 6.42. The van der Waals surface area contributed by atoms with Gasteiger partial charge in [0, 0.05) is 29.9 Å². The number of imidazole rings is 1. The van der Waals surface area contributed by atoms with E-state index < -0.39 is 0 Å². The summed E-state index contributed by atoms with van der Waals surface area (Å²) in [6.07, 6.45) is 2.55. The second-order valence-electron chi connectivity index (χ2n) is 9.31. The number of nitrogens with zero attached hydrogens (tertiary/aromatic N) is 4. The number of fused-ring (bicyclic) bond motifs is 1. The van der Waals surface area contributed by atoms with E-state index >= 15 is 0 Å². The maximum atomic E-state index is 8.08. The van der Waals surface area contributed by atoms with Crippen molar-refractivity contribution < 1.29 is 4.74 Å². The van der Waals surface area contributed by atoms with Crippen molar-refractivity contribution in [3.8, 4) is 22.8 Å². The van der Waals surface area contributed by atoms with E-state index in [9.17, 15) is 0 Å².